The molecule has 0 saturated carbocycles. The predicted molar refractivity (Wildman–Crippen MR) is 58.4 cm³/mol. The fraction of sp³-hybridized carbons (Fsp3) is 0.364. The van der Waals surface area contributed by atoms with Crippen molar-refractivity contribution in [2.24, 2.45) is 0 Å². The molecule has 0 spiro atoms. The van der Waals surface area contributed by atoms with Crippen molar-refractivity contribution in [3.63, 3.8) is 0 Å². The van der Waals surface area contributed by atoms with Gasteiger partial charge in [0.2, 0.25) is 0 Å². The number of nitrogens with zero attached hydrogens (tertiary/aromatic N) is 2. The molecule has 0 aliphatic carbocycles. The Morgan fingerprint density at radius 3 is 2.79 bits per heavy atom. The monoisotopic (exact) mass is 192 g/mol. The van der Waals surface area contributed by atoms with E-state index in [0.717, 1.165) is 23.6 Å². The van der Waals surface area contributed by atoms with Gasteiger partial charge in [-0.1, -0.05) is 12.1 Å². The standard InChI is InChI=1S/C11H16N2O/c1-4-7-13(3)11-6-5-10(8-14)9(2)12-11/h4-6,14H,1,7-8H2,2-3H3. The smallest absolute Gasteiger partial charge is 0.128 e. The maximum atomic E-state index is 8.98. The Labute approximate surface area is 84.7 Å². The molecule has 1 rings (SSSR count). The number of rotatable bonds is 4. The summed E-state index contributed by atoms with van der Waals surface area (Å²) in [5.41, 5.74) is 1.75. The highest BCUT2D eigenvalue weighted by Crippen LogP contribution is 2.13. The number of hydrogen-bond acceptors (Lipinski definition) is 3. The van der Waals surface area contributed by atoms with Crippen molar-refractivity contribution in [3.05, 3.63) is 36.0 Å². The Bertz CT molecular complexity index is 323. The molecule has 0 atom stereocenters. The van der Waals surface area contributed by atoms with Gasteiger partial charge in [-0.15, -0.1) is 6.58 Å². The predicted octanol–water partition coefficient (Wildman–Crippen LogP) is 1.50. The van der Waals surface area contributed by atoms with Crippen LogP contribution < -0.4 is 4.90 Å². The second-order valence-corrected chi connectivity index (χ2v) is 3.24. The maximum Gasteiger partial charge on any atom is 0.128 e. The fourth-order valence-corrected chi connectivity index (χ4v) is 1.24. The van der Waals surface area contributed by atoms with E-state index in [1.54, 1.807) is 0 Å². The number of aliphatic hydroxyl groups excluding tert-OH is 1. The van der Waals surface area contributed by atoms with Crippen molar-refractivity contribution < 1.29 is 5.11 Å². The Balaban J connectivity index is 2.90. The van der Waals surface area contributed by atoms with Gasteiger partial charge in [-0.3, -0.25) is 0 Å². The van der Waals surface area contributed by atoms with Crippen LogP contribution in [0.2, 0.25) is 0 Å². The van der Waals surface area contributed by atoms with Gasteiger partial charge in [-0.2, -0.15) is 0 Å². The summed E-state index contributed by atoms with van der Waals surface area (Å²) in [7, 11) is 1.96. The number of likely N-dealkylation sites (N-methyl/N-ethyl adjacent to an activating group) is 1. The van der Waals surface area contributed by atoms with Crippen molar-refractivity contribution in [3.8, 4) is 0 Å². The molecule has 0 aliphatic heterocycles. The van der Waals surface area contributed by atoms with E-state index >= 15 is 0 Å². The zero-order valence-electron chi connectivity index (χ0n) is 8.70. The Morgan fingerprint density at radius 1 is 1.57 bits per heavy atom. The van der Waals surface area contributed by atoms with E-state index in [2.05, 4.69) is 11.6 Å². The molecule has 1 aromatic heterocycles. The molecule has 0 saturated heterocycles. The van der Waals surface area contributed by atoms with Crippen LogP contribution in [0.15, 0.2) is 24.8 Å². The fourth-order valence-electron chi connectivity index (χ4n) is 1.24. The molecule has 0 radical (unpaired) electrons. The molecule has 3 nitrogen and oxygen atoms in total. The van der Waals surface area contributed by atoms with Crippen LogP contribution in [0, 0.1) is 6.92 Å². The van der Waals surface area contributed by atoms with Crippen molar-refractivity contribution >= 4 is 5.82 Å². The Morgan fingerprint density at radius 2 is 2.29 bits per heavy atom. The summed E-state index contributed by atoms with van der Waals surface area (Å²) in [5.74, 6) is 0.902. The molecule has 0 unspecified atom stereocenters. The van der Waals surface area contributed by atoms with Gasteiger partial charge in [0.05, 0.1) is 6.61 Å². The maximum absolute atomic E-state index is 8.98. The zero-order valence-corrected chi connectivity index (χ0v) is 8.70. The molecular formula is C11H16N2O. The van der Waals surface area contributed by atoms with E-state index in [4.69, 9.17) is 5.11 Å². The highest BCUT2D eigenvalue weighted by molar-refractivity contribution is 5.41. The average Bonchev–Trinajstić information content (AvgIpc) is 2.18. The van der Waals surface area contributed by atoms with Gasteiger partial charge in [0.25, 0.3) is 0 Å². The first-order valence-corrected chi connectivity index (χ1v) is 4.58. The van der Waals surface area contributed by atoms with E-state index in [0.29, 0.717) is 0 Å². The van der Waals surface area contributed by atoms with Crippen LogP contribution in [0.3, 0.4) is 0 Å². The summed E-state index contributed by atoms with van der Waals surface area (Å²) in [6, 6.07) is 3.80. The topological polar surface area (TPSA) is 36.4 Å². The first-order valence-electron chi connectivity index (χ1n) is 4.58. The van der Waals surface area contributed by atoms with E-state index < -0.39 is 0 Å². The van der Waals surface area contributed by atoms with E-state index in [-0.39, 0.29) is 6.61 Å². The molecule has 0 aliphatic rings. The van der Waals surface area contributed by atoms with E-state index in [1.807, 2.05) is 37.1 Å². The van der Waals surface area contributed by atoms with Gasteiger partial charge >= 0.3 is 0 Å². The van der Waals surface area contributed by atoms with Crippen LogP contribution in [-0.4, -0.2) is 23.7 Å². The van der Waals surface area contributed by atoms with Gasteiger partial charge in [-0.05, 0) is 18.6 Å². The van der Waals surface area contributed by atoms with Crippen LogP contribution in [0.4, 0.5) is 5.82 Å². The van der Waals surface area contributed by atoms with E-state index in [1.165, 1.54) is 0 Å². The van der Waals surface area contributed by atoms with Gasteiger partial charge in [0.1, 0.15) is 5.82 Å². The third kappa shape index (κ3) is 2.33. The summed E-state index contributed by atoms with van der Waals surface area (Å²) in [5, 5.41) is 8.98. The number of pyridine rings is 1. The normalized spacial score (nSPS) is 9.93. The molecule has 0 fully saturated rings. The van der Waals surface area contributed by atoms with Crippen molar-refractivity contribution in [2.75, 3.05) is 18.5 Å². The highest BCUT2D eigenvalue weighted by Gasteiger charge is 2.03. The molecule has 1 heterocycles. The number of aliphatic hydroxyl groups is 1. The molecule has 0 amide bonds. The lowest BCUT2D eigenvalue weighted by atomic mass is 10.2. The summed E-state index contributed by atoms with van der Waals surface area (Å²) in [4.78, 5) is 6.38. The quantitative estimate of drug-likeness (QED) is 0.734. The van der Waals surface area contributed by atoms with Gasteiger partial charge < -0.3 is 10.0 Å². The molecule has 14 heavy (non-hydrogen) atoms. The first-order chi connectivity index (χ1) is 6.69. The van der Waals surface area contributed by atoms with Crippen molar-refractivity contribution in [2.45, 2.75) is 13.5 Å². The molecule has 1 N–H and O–H groups in total. The van der Waals surface area contributed by atoms with Crippen LogP contribution >= 0.6 is 0 Å². The second kappa shape index (κ2) is 4.77. The minimum absolute atomic E-state index is 0.0459. The minimum Gasteiger partial charge on any atom is -0.392 e. The third-order valence-electron chi connectivity index (χ3n) is 2.14. The van der Waals surface area contributed by atoms with Crippen LogP contribution in [0.1, 0.15) is 11.3 Å². The molecule has 0 bridgehead atoms. The van der Waals surface area contributed by atoms with Gasteiger partial charge in [-0.25, -0.2) is 4.98 Å². The van der Waals surface area contributed by atoms with Gasteiger partial charge in [0.15, 0.2) is 0 Å². The number of aryl methyl sites for hydroxylation is 1. The zero-order chi connectivity index (χ0) is 10.6. The Hall–Kier alpha value is -1.35. The largest absolute Gasteiger partial charge is 0.392 e. The lowest BCUT2D eigenvalue weighted by molar-refractivity contribution is 0.280. The molecule has 1 aromatic rings. The highest BCUT2D eigenvalue weighted by atomic mass is 16.3. The minimum atomic E-state index is 0.0459. The average molecular weight is 192 g/mol. The second-order valence-electron chi connectivity index (χ2n) is 3.24. The van der Waals surface area contributed by atoms with Gasteiger partial charge in [0, 0.05) is 19.3 Å². The van der Waals surface area contributed by atoms with Crippen LogP contribution in [-0.2, 0) is 6.61 Å². The Kier molecular flexibility index (Phi) is 3.65. The number of aromatic nitrogens is 1. The summed E-state index contributed by atoms with van der Waals surface area (Å²) in [6.45, 7) is 6.39. The molecule has 3 heteroatoms. The third-order valence-corrected chi connectivity index (χ3v) is 2.14. The summed E-state index contributed by atoms with van der Waals surface area (Å²) in [6.07, 6.45) is 1.83. The van der Waals surface area contributed by atoms with E-state index in [9.17, 15) is 0 Å². The number of anilines is 1. The first kappa shape index (κ1) is 10.7. The van der Waals surface area contributed by atoms with Crippen molar-refractivity contribution in [1.29, 1.82) is 0 Å². The van der Waals surface area contributed by atoms with Crippen LogP contribution in [0.5, 0.6) is 0 Å². The molecule has 0 aromatic carbocycles. The number of hydrogen-bond donors (Lipinski definition) is 1. The molecular weight excluding hydrogens is 176 g/mol. The lowest BCUT2D eigenvalue weighted by Gasteiger charge is -2.16. The summed E-state index contributed by atoms with van der Waals surface area (Å²) < 4.78 is 0. The molecule has 76 valence electrons. The lowest BCUT2D eigenvalue weighted by Crippen LogP contribution is -2.18. The van der Waals surface area contributed by atoms with Crippen LogP contribution in [0.25, 0.3) is 0 Å². The SMILES string of the molecule is C=CCN(C)c1ccc(CO)c(C)n1. The van der Waals surface area contributed by atoms with Crippen molar-refractivity contribution in [1.82, 2.24) is 4.98 Å². The summed E-state index contributed by atoms with van der Waals surface area (Å²) >= 11 is 0.